The van der Waals surface area contributed by atoms with Crippen molar-refractivity contribution in [2.75, 3.05) is 5.73 Å². The van der Waals surface area contributed by atoms with Gasteiger partial charge in [0.15, 0.2) is 0 Å². The molecule has 0 aliphatic carbocycles. The van der Waals surface area contributed by atoms with Crippen molar-refractivity contribution in [2.45, 2.75) is 26.4 Å². The molecule has 0 saturated carbocycles. The summed E-state index contributed by atoms with van der Waals surface area (Å²) in [6, 6.07) is 8.54. The van der Waals surface area contributed by atoms with Crippen LogP contribution >= 0.6 is 0 Å². The van der Waals surface area contributed by atoms with Crippen LogP contribution < -0.4 is 5.73 Å². The number of nitrogen functional groups attached to an aromatic ring is 1. The molecule has 0 radical (unpaired) electrons. The number of pyridine rings is 1. The van der Waals surface area contributed by atoms with Crippen molar-refractivity contribution in [2.24, 2.45) is 0 Å². The second-order valence-electron chi connectivity index (χ2n) is 5.12. The van der Waals surface area contributed by atoms with E-state index in [4.69, 9.17) is 5.73 Å². The molecule has 5 heteroatoms. The number of nitrogens with two attached hydrogens (primary N) is 1. The molecule has 0 atom stereocenters. The van der Waals surface area contributed by atoms with E-state index >= 15 is 0 Å². The van der Waals surface area contributed by atoms with Crippen LogP contribution in [0.5, 0.6) is 0 Å². The number of carbonyl (C=O) groups is 1. The monoisotopic (exact) mass is 287 g/mol. The summed E-state index contributed by atoms with van der Waals surface area (Å²) >= 11 is 0. The fourth-order valence-corrected chi connectivity index (χ4v) is 2.05. The maximum absolute atomic E-state index is 13.2. The number of hydrogen-bond acceptors (Lipinski definition) is 3. The van der Waals surface area contributed by atoms with Gasteiger partial charge in [-0.15, -0.1) is 0 Å². The third kappa shape index (κ3) is 3.56. The van der Waals surface area contributed by atoms with E-state index < -0.39 is 5.82 Å². The number of amides is 1. The molecule has 2 rings (SSSR count). The highest BCUT2D eigenvalue weighted by Crippen LogP contribution is 2.17. The summed E-state index contributed by atoms with van der Waals surface area (Å²) in [6.45, 7) is 4.19. The van der Waals surface area contributed by atoms with Gasteiger partial charge in [-0.05, 0) is 31.5 Å². The summed E-state index contributed by atoms with van der Waals surface area (Å²) in [7, 11) is 0. The highest BCUT2D eigenvalue weighted by atomic mass is 19.1. The Morgan fingerprint density at radius 1 is 1.33 bits per heavy atom. The zero-order valence-corrected chi connectivity index (χ0v) is 12.1. The average molecular weight is 287 g/mol. The minimum absolute atomic E-state index is 0.0413. The van der Waals surface area contributed by atoms with Crippen molar-refractivity contribution in [3.63, 3.8) is 0 Å². The van der Waals surface area contributed by atoms with Crippen molar-refractivity contribution < 1.29 is 9.18 Å². The van der Waals surface area contributed by atoms with Gasteiger partial charge in [-0.2, -0.15) is 0 Å². The van der Waals surface area contributed by atoms with Gasteiger partial charge in [0.2, 0.25) is 0 Å². The lowest BCUT2D eigenvalue weighted by Crippen LogP contribution is -2.36. The van der Waals surface area contributed by atoms with Gasteiger partial charge in [0, 0.05) is 24.5 Å². The van der Waals surface area contributed by atoms with E-state index in [-0.39, 0.29) is 17.5 Å². The van der Waals surface area contributed by atoms with Crippen molar-refractivity contribution in [1.82, 2.24) is 9.88 Å². The zero-order valence-electron chi connectivity index (χ0n) is 12.1. The van der Waals surface area contributed by atoms with Crippen LogP contribution in [0.15, 0.2) is 42.7 Å². The Labute approximate surface area is 123 Å². The second-order valence-corrected chi connectivity index (χ2v) is 5.12. The molecule has 0 aliphatic heterocycles. The van der Waals surface area contributed by atoms with Crippen molar-refractivity contribution >= 4 is 11.6 Å². The van der Waals surface area contributed by atoms with Crippen molar-refractivity contribution in [3.05, 3.63) is 59.7 Å². The number of carbonyl (C=O) groups excluding carboxylic acids is 1. The molecule has 21 heavy (non-hydrogen) atoms. The highest BCUT2D eigenvalue weighted by Gasteiger charge is 2.20. The summed E-state index contributed by atoms with van der Waals surface area (Å²) in [6.07, 6.45) is 2.45. The fraction of sp³-hybridized carbons (Fsp3) is 0.250. The van der Waals surface area contributed by atoms with Gasteiger partial charge < -0.3 is 10.6 Å². The van der Waals surface area contributed by atoms with Gasteiger partial charge in [0.1, 0.15) is 5.82 Å². The number of para-hydroxylation sites is 1. The van der Waals surface area contributed by atoms with Crippen molar-refractivity contribution in [3.8, 4) is 0 Å². The lowest BCUT2D eigenvalue weighted by atomic mass is 10.1. The molecule has 110 valence electrons. The lowest BCUT2D eigenvalue weighted by molar-refractivity contribution is 0.0690. The molecule has 0 aliphatic rings. The van der Waals surface area contributed by atoms with Crippen LogP contribution in [0.25, 0.3) is 0 Å². The van der Waals surface area contributed by atoms with Gasteiger partial charge in [-0.1, -0.05) is 18.2 Å². The molecule has 2 N–H and O–H groups in total. The van der Waals surface area contributed by atoms with E-state index in [2.05, 4.69) is 4.98 Å². The molecule has 0 bridgehead atoms. The minimum atomic E-state index is -0.524. The number of nitrogens with zero attached hydrogens (tertiary/aromatic N) is 2. The largest absolute Gasteiger partial charge is 0.398 e. The molecule has 0 spiro atoms. The predicted octanol–water partition coefficient (Wildman–Crippen LogP) is 2.85. The standard InChI is InChI=1S/C16H18FN3O/c1-11(2)20(10-12-5-3-4-6-15(12)18)16(21)13-7-14(17)9-19-8-13/h3-9,11H,10,18H2,1-2H3. The molecule has 2 aromatic rings. The predicted molar refractivity (Wildman–Crippen MR) is 80.1 cm³/mol. The summed E-state index contributed by atoms with van der Waals surface area (Å²) in [5, 5.41) is 0. The third-order valence-electron chi connectivity index (χ3n) is 3.23. The first-order valence-electron chi connectivity index (χ1n) is 6.74. The molecule has 1 aromatic carbocycles. The average Bonchev–Trinajstić information content (AvgIpc) is 2.45. The number of rotatable bonds is 4. The molecular formula is C16H18FN3O. The first-order valence-corrected chi connectivity index (χ1v) is 6.74. The normalized spacial score (nSPS) is 10.7. The Hall–Kier alpha value is -2.43. The van der Waals surface area contributed by atoms with Crippen LogP contribution in [0, 0.1) is 5.82 Å². The van der Waals surface area contributed by atoms with Crippen LogP contribution in [-0.2, 0) is 6.54 Å². The topological polar surface area (TPSA) is 59.2 Å². The molecule has 0 unspecified atom stereocenters. The molecule has 1 amide bonds. The number of halogens is 1. The Morgan fingerprint density at radius 3 is 2.67 bits per heavy atom. The van der Waals surface area contributed by atoms with E-state index in [1.165, 1.54) is 12.3 Å². The van der Waals surface area contributed by atoms with Crippen LogP contribution in [0.1, 0.15) is 29.8 Å². The number of aromatic nitrogens is 1. The molecule has 1 aromatic heterocycles. The van der Waals surface area contributed by atoms with Crippen LogP contribution in [0.4, 0.5) is 10.1 Å². The smallest absolute Gasteiger partial charge is 0.256 e. The van der Waals surface area contributed by atoms with Crippen molar-refractivity contribution in [1.29, 1.82) is 0 Å². The summed E-state index contributed by atoms with van der Waals surface area (Å²) in [4.78, 5) is 17.9. The third-order valence-corrected chi connectivity index (χ3v) is 3.23. The first kappa shape index (κ1) is 15.0. The summed E-state index contributed by atoms with van der Waals surface area (Å²) in [5.41, 5.74) is 7.65. The molecule has 4 nitrogen and oxygen atoms in total. The summed E-state index contributed by atoms with van der Waals surface area (Å²) < 4.78 is 13.2. The zero-order chi connectivity index (χ0) is 15.4. The van der Waals surface area contributed by atoms with Crippen LogP contribution in [0.3, 0.4) is 0 Å². The van der Waals surface area contributed by atoms with Gasteiger partial charge in [-0.25, -0.2) is 4.39 Å². The van der Waals surface area contributed by atoms with E-state index in [1.54, 1.807) is 11.0 Å². The first-order chi connectivity index (χ1) is 9.99. The van der Waals surface area contributed by atoms with Crippen LogP contribution in [0.2, 0.25) is 0 Å². The molecule has 0 fully saturated rings. The lowest BCUT2D eigenvalue weighted by Gasteiger charge is -2.27. The number of anilines is 1. The SMILES string of the molecule is CC(C)N(Cc1ccccc1N)C(=O)c1cncc(F)c1. The van der Waals surface area contributed by atoms with E-state index in [0.717, 1.165) is 11.8 Å². The van der Waals surface area contributed by atoms with E-state index in [0.29, 0.717) is 12.2 Å². The Balaban J connectivity index is 2.27. The Morgan fingerprint density at radius 2 is 2.05 bits per heavy atom. The molecule has 1 heterocycles. The minimum Gasteiger partial charge on any atom is -0.398 e. The van der Waals surface area contributed by atoms with Crippen LogP contribution in [-0.4, -0.2) is 21.8 Å². The van der Waals surface area contributed by atoms with E-state index in [9.17, 15) is 9.18 Å². The maximum Gasteiger partial charge on any atom is 0.256 e. The maximum atomic E-state index is 13.2. The van der Waals surface area contributed by atoms with Gasteiger partial charge >= 0.3 is 0 Å². The second kappa shape index (κ2) is 6.35. The summed E-state index contributed by atoms with van der Waals surface area (Å²) in [5.74, 6) is -0.788. The number of hydrogen-bond donors (Lipinski definition) is 1. The molecule has 0 saturated heterocycles. The Bertz CT molecular complexity index is 643. The van der Waals surface area contributed by atoms with Gasteiger partial charge in [-0.3, -0.25) is 9.78 Å². The molecular weight excluding hydrogens is 269 g/mol. The quantitative estimate of drug-likeness (QED) is 0.880. The van der Waals surface area contributed by atoms with Gasteiger partial charge in [0.25, 0.3) is 5.91 Å². The highest BCUT2D eigenvalue weighted by molar-refractivity contribution is 5.94. The van der Waals surface area contributed by atoms with Gasteiger partial charge in [0.05, 0.1) is 11.8 Å². The number of benzene rings is 1. The Kier molecular flexibility index (Phi) is 4.52. The fourth-order valence-electron chi connectivity index (χ4n) is 2.05. The van der Waals surface area contributed by atoms with E-state index in [1.807, 2.05) is 32.0 Å².